The number of likely N-dealkylation sites (tertiary alicyclic amines) is 1. The van der Waals surface area contributed by atoms with Crippen LogP contribution in [0.4, 0.5) is 5.82 Å². The molecule has 1 unspecified atom stereocenters. The number of hydrogen-bond donors (Lipinski definition) is 1. The Morgan fingerprint density at radius 1 is 1.29 bits per heavy atom. The van der Waals surface area contributed by atoms with Gasteiger partial charge in [0.25, 0.3) is 0 Å². The van der Waals surface area contributed by atoms with E-state index in [4.69, 9.17) is 11.6 Å². The number of rotatable bonds is 3. The number of nitrogens with one attached hydrogen (secondary N) is 1. The molecule has 0 aliphatic carbocycles. The fourth-order valence-electron chi connectivity index (χ4n) is 2.34. The molecule has 5 nitrogen and oxygen atoms in total. The molecule has 1 saturated heterocycles. The molecule has 1 fully saturated rings. The van der Waals surface area contributed by atoms with Crippen LogP contribution in [0.1, 0.15) is 6.42 Å². The molecule has 0 saturated carbocycles. The summed E-state index contributed by atoms with van der Waals surface area (Å²) in [4.78, 5) is 22.3. The van der Waals surface area contributed by atoms with Crippen molar-refractivity contribution in [3.05, 3.63) is 41.6 Å². The van der Waals surface area contributed by atoms with Gasteiger partial charge < -0.3 is 10.2 Å². The average Bonchev–Trinajstić information content (AvgIpc) is 2.80. The molecule has 1 amide bonds. The smallest absolute Gasteiger partial charge is 0.244 e. The lowest BCUT2D eigenvalue weighted by atomic mass is 10.2. The SMILES string of the molecule is CN1CCC(Nc2cc(Cl)nc(-c3ccccc3)n2)C1=O. The van der Waals surface area contributed by atoms with E-state index in [-0.39, 0.29) is 11.9 Å². The van der Waals surface area contributed by atoms with Crippen molar-refractivity contribution in [2.45, 2.75) is 12.5 Å². The van der Waals surface area contributed by atoms with Crippen LogP contribution in [0.25, 0.3) is 11.4 Å². The first-order valence-corrected chi connectivity index (χ1v) is 7.13. The number of likely N-dealkylation sites (N-methyl/N-ethyl adjacent to an activating group) is 1. The van der Waals surface area contributed by atoms with Gasteiger partial charge in [0.15, 0.2) is 5.82 Å². The lowest BCUT2D eigenvalue weighted by Gasteiger charge is -2.13. The van der Waals surface area contributed by atoms with E-state index in [1.54, 1.807) is 18.0 Å². The molecule has 3 rings (SSSR count). The number of anilines is 1. The van der Waals surface area contributed by atoms with Crippen LogP contribution in [-0.4, -0.2) is 40.4 Å². The third-order valence-corrected chi connectivity index (χ3v) is 3.67. The van der Waals surface area contributed by atoms with Gasteiger partial charge in [-0.05, 0) is 6.42 Å². The zero-order valence-corrected chi connectivity index (χ0v) is 12.3. The second-order valence-corrected chi connectivity index (χ2v) is 5.40. The molecule has 1 aromatic carbocycles. The van der Waals surface area contributed by atoms with Gasteiger partial charge in [-0.25, -0.2) is 9.97 Å². The number of aromatic nitrogens is 2. The lowest BCUT2D eigenvalue weighted by Crippen LogP contribution is -2.31. The van der Waals surface area contributed by atoms with E-state index in [9.17, 15) is 4.79 Å². The molecule has 0 spiro atoms. The van der Waals surface area contributed by atoms with Gasteiger partial charge in [-0.2, -0.15) is 0 Å². The fourth-order valence-corrected chi connectivity index (χ4v) is 2.53. The van der Waals surface area contributed by atoms with E-state index >= 15 is 0 Å². The van der Waals surface area contributed by atoms with E-state index < -0.39 is 0 Å². The number of hydrogen-bond acceptors (Lipinski definition) is 4. The van der Waals surface area contributed by atoms with Gasteiger partial charge in [0.05, 0.1) is 0 Å². The normalized spacial score (nSPS) is 18.1. The minimum Gasteiger partial charge on any atom is -0.358 e. The maximum Gasteiger partial charge on any atom is 0.244 e. The number of carbonyl (C=O) groups excluding carboxylic acids is 1. The Hall–Kier alpha value is -2.14. The van der Waals surface area contributed by atoms with E-state index in [0.717, 1.165) is 18.5 Å². The summed E-state index contributed by atoms with van der Waals surface area (Å²) in [6, 6.07) is 11.0. The maximum atomic E-state index is 11.9. The predicted octanol–water partition coefficient (Wildman–Crippen LogP) is 2.44. The third-order valence-electron chi connectivity index (χ3n) is 3.48. The average molecular weight is 303 g/mol. The summed E-state index contributed by atoms with van der Waals surface area (Å²) in [6.45, 7) is 0.751. The fraction of sp³-hybridized carbons (Fsp3) is 0.267. The van der Waals surface area contributed by atoms with Crippen molar-refractivity contribution in [1.82, 2.24) is 14.9 Å². The van der Waals surface area contributed by atoms with Gasteiger partial charge in [0, 0.05) is 25.2 Å². The second-order valence-electron chi connectivity index (χ2n) is 5.01. The standard InChI is InChI=1S/C15H15ClN4O/c1-20-8-7-11(15(20)21)17-13-9-12(16)18-14(19-13)10-5-3-2-4-6-10/h2-6,9,11H,7-8H2,1H3,(H,17,18,19). The van der Waals surface area contributed by atoms with Crippen LogP contribution in [0, 0.1) is 0 Å². The Balaban J connectivity index is 1.87. The molecule has 1 aliphatic rings. The second kappa shape index (κ2) is 5.69. The molecule has 108 valence electrons. The van der Waals surface area contributed by atoms with Crippen molar-refractivity contribution >= 4 is 23.3 Å². The number of carbonyl (C=O) groups is 1. The first kappa shape index (κ1) is 13.8. The van der Waals surface area contributed by atoms with Crippen LogP contribution in [-0.2, 0) is 4.79 Å². The topological polar surface area (TPSA) is 58.1 Å². The molecular weight excluding hydrogens is 288 g/mol. The van der Waals surface area contributed by atoms with Gasteiger partial charge in [-0.15, -0.1) is 0 Å². The van der Waals surface area contributed by atoms with Crippen molar-refractivity contribution in [3.8, 4) is 11.4 Å². The largest absolute Gasteiger partial charge is 0.358 e. The Morgan fingerprint density at radius 2 is 2.05 bits per heavy atom. The maximum absolute atomic E-state index is 11.9. The number of halogens is 1. The van der Waals surface area contributed by atoms with Crippen molar-refractivity contribution in [2.24, 2.45) is 0 Å². The van der Waals surface area contributed by atoms with E-state index in [2.05, 4.69) is 15.3 Å². The summed E-state index contributed by atoms with van der Waals surface area (Å²) < 4.78 is 0. The Labute approximate surface area is 128 Å². The minimum absolute atomic E-state index is 0.0750. The highest BCUT2D eigenvalue weighted by Gasteiger charge is 2.29. The van der Waals surface area contributed by atoms with Crippen LogP contribution in [0.3, 0.4) is 0 Å². The minimum atomic E-state index is -0.246. The van der Waals surface area contributed by atoms with Crippen molar-refractivity contribution in [2.75, 3.05) is 18.9 Å². The molecule has 1 N–H and O–H groups in total. The molecule has 21 heavy (non-hydrogen) atoms. The molecule has 1 aromatic heterocycles. The number of amides is 1. The van der Waals surface area contributed by atoms with E-state index in [1.165, 1.54) is 0 Å². The summed E-state index contributed by atoms with van der Waals surface area (Å²) in [5.41, 5.74) is 0.887. The van der Waals surface area contributed by atoms with Gasteiger partial charge in [0.2, 0.25) is 5.91 Å². The molecular formula is C15H15ClN4O. The number of nitrogens with zero attached hydrogens (tertiary/aromatic N) is 3. The first-order valence-electron chi connectivity index (χ1n) is 6.75. The molecule has 6 heteroatoms. The molecule has 0 radical (unpaired) electrons. The summed E-state index contributed by atoms with van der Waals surface area (Å²) in [5.74, 6) is 1.19. The van der Waals surface area contributed by atoms with Crippen molar-refractivity contribution in [1.29, 1.82) is 0 Å². The quantitative estimate of drug-likeness (QED) is 0.885. The Morgan fingerprint density at radius 3 is 2.71 bits per heavy atom. The summed E-state index contributed by atoms with van der Waals surface area (Å²) in [6.07, 6.45) is 0.762. The van der Waals surface area contributed by atoms with Crippen LogP contribution in [0.5, 0.6) is 0 Å². The predicted molar refractivity (Wildman–Crippen MR) is 82.1 cm³/mol. The molecule has 1 aliphatic heterocycles. The summed E-state index contributed by atoms with van der Waals surface area (Å²) in [5, 5.41) is 3.50. The molecule has 2 aromatic rings. The number of benzene rings is 1. The highest BCUT2D eigenvalue weighted by molar-refractivity contribution is 6.29. The van der Waals surface area contributed by atoms with Crippen LogP contribution in [0.2, 0.25) is 5.15 Å². The molecule has 1 atom stereocenters. The Kier molecular flexibility index (Phi) is 3.75. The Bertz CT molecular complexity index is 662. The highest BCUT2D eigenvalue weighted by Crippen LogP contribution is 2.22. The first-order chi connectivity index (χ1) is 10.1. The molecule has 0 bridgehead atoms. The van der Waals surface area contributed by atoms with E-state index in [0.29, 0.717) is 16.8 Å². The van der Waals surface area contributed by atoms with Crippen molar-refractivity contribution in [3.63, 3.8) is 0 Å². The van der Waals surface area contributed by atoms with Crippen LogP contribution >= 0.6 is 11.6 Å². The van der Waals surface area contributed by atoms with Gasteiger partial charge >= 0.3 is 0 Å². The third kappa shape index (κ3) is 2.97. The highest BCUT2D eigenvalue weighted by atomic mass is 35.5. The van der Waals surface area contributed by atoms with Crippen LogP contribution in [0.15, 0.2) is 36.4 Å². The van der Waals surface area contributed by atoms with Crippen LogP contribution < -0.4 is 5.32 Å². The lowest BCUT2D eigenvalue weighted by molar-refractivity contribution is -0.127. The summed E-state index contributed by atoms with van der Waals surface area (Å²) >= 11 is 6.06. The van der Waals surface area contributed by atoms with Crippen molar-refractivity contribution < 1.29 is 4.79 Å². The van der Waals surface area contributed by atoms with E-state index in [1.807, 2.05) is 30.3 Å². The zero-order chi connectivity index (χ0) is 14.8. The van der Waals surface area contributed by atoms with Gasteiger partial charge in [-0.1, -0.05) is 41.9 Å². The molecule has 2 heterocycles. The van der Waals surface area contributed by atoms with Gasteiger partial charge in [-0.3, -0.25) is 4.79 Å². The summed E-state index contributed by atoms with van der Waals surface area (Å²) in [7, 11) is 1.80. The monoisotopic (exact) mass is 302 g/mol. The zero-order valence-electron chi connectivity index (χ0n) is 11.6. The van der Waals surface area contributed by atoms with Gasteiger partial charge in [0.1, 0.15) is 17.0 Å².